The number of aryl methyl sites for hydroxylation is 2. The van der Waals surface area contributed by atoms with Gasteiger partial charge in [-0.15, -0.1) is 0 Å². The van der Waals surface area contributed by atoms with Crippen LogP contribution in [-0.4, -0.2) is 26.8 Å². The molecule has 1 aliphatic rings. The smallest absolute Gasteiger partial charge is 0.335 e. The molecule has 1 aliphatic heterocycles. The molecule has 2 heterocycles. The van der Waals surface area contributed by atoms with Gasteiger partial charge in [-0.1, -0.05) is 35.9 Å². The molecular weight excluding hydrogens is 342 g/mol. The Morgan fingerprint density at radius 2 is 1.85 bits per heavy atom. The number of hydrogen-bond acceptors (Lipinski definition) is 3. The molecule has 0 spiro atoms. The second-order valence-electron chi connectivity index (χ2n) is 6.79. The number of aromatic carboxylic acids is 1. The predicted molar refractivity (Wildman–Crippen MR) is 102 cm³/mol. The van der Waals surface area contributed by atoms with Crippen molar-refractivity contribution in [2.75, 3.05) is 5.32 Å². The highest BCUT2D eigenvalue weighted by molar-refractivity contribution is 5.96. The largest absolute Gasteiger partial charge is 0.478 e. The summed E-state index contributed by atoms with van der Waals surface area (Å²) in [4.78, 5) is 24.1. The van der Waals surface area contributed by atoms with Crippen molar-refractivity contribution in [1.82, 2.24) is 9.78 Å². The normalized spacial score (nSPS) is 15.9. The number of carboxylic acids is 1. The average molecular weight is 361 g/mol. The number of nitrogens with one attached hydrogen (secondary N) is 1. The van der Waals surface area contributed by atoms with Gasteiger partial charge in [-0.05, 0) is 37.6 Å². The predicted octanol–water partition coefficient (Wildman–Crippen LogP) is 3.66. The molecule has 4 rings (SSSR count). The molecule has 136 valence electrons. The van der Waals surface area contributed by atoms with Crippen LogP contribution < -0.4 is 5.32 Å². The Kier molecular flexibility index (Phi) is 4.03. The minimum Gasteiger partial charge on any atom is -0.478 e. The fourth-order valence-electron chi connectivity index (χ4n) is 3.68. The number of aromatic nitrogens is 2. The van der Waals surface area contributed by atoms with Gasteiger partial charge in [0.25, 0.3) is 0 Å². The van der Waals surface area contributed by atoms with Crippen molar-refractivity contribution in [2.45, 2.75) is 26.2 Å². The van der Waals surface area contributed by atoms with E-state index in [1.807, 2.05) is 38.1 Å². The van der Waals surface area contributed by atoms with E-state index in [0.717, 1.165) is 22.5 Å². The summed E-state index contributed by atoms with van der Waals surface area (Å²) >= 11 is 0. The summed E-state index contributed by atoms with van der Waals surface area (Å²) in [7, 11) is 0. The van der Waals surface area contributed by atoms with Crippen LogP contribution in [0.1, 0.15) is 45.1 Å². The lowest BCUT2D eigenvalue weighted by molar-refractivity contribution is -0.116. The number of hydrogen-bond donors (Lipinski definition) is 2. The van der Waals surface area contributed by atoms with Gasteiger partial charge >= 0.3 is 5.97 Å². The van der Waals surface area contributed by atoms with Crippen LogP contribution in [0.25, 0.3) is 5.69 Å². The Hall–Kier alpha value is -3.41. The van der Waals surface area contributed by atoms with Crippen molar-refractivity contribution in [3.8, 4) is 5.69 Å². The molecule has 0 unspecified atom stereocenters. The first-order chi connectivity index (χ1) is 13.0. The van der Waals surface area contributed by atoms with E-state index in [4.69, 9.17) is 0 Å². The second kappa shape index (κ2) is 6.39. The van der Waals surface area contributed by atoms with Gasteiger partial charge in [0.15, 0.2) is 0 Å². The Labute approximate surface area is 156 Å². The number of nitrogens with zero attached hydrogens (tertiary/aromatic N) is 2. The van der Waals surface area contributed by atoms with Crippen molar-refractivity contribution >= 4 is 17.7 Å². The van der Waals surface area contributed by atoms with E-state index in [1.54, 1.807) is 28.9 Å². The first-order valence-corrected chi connectivity index (χ1v) is 8.74. The van der Waals surface area contributed by atoms with E-state index in [1.165, 1.54) is 0 Å². The Morgan fingerprint density at radius 1 is 1.15 bits per heavy atom. The average Bonchev–Trinajstić information content (AvgIpc) is 2.98. The molecule has 0 saturated carbocycles. The topological polar surface area (TPSA) is 84.2 Å². The number of fused-ring (bicyclic) bond motifs is 1. The van der Waals surface area contributed by atoms with Gasteiger partial charge in [0.2, 0.25) is 5.91 Å². The summed E-state index contributed by atoms with van der Waals surface area (Å²) in [5.74, 6) is -0.888. The van der Waals surface area contributed by atoms with Gasteiger partial charge in [0.1, 0.15) is 5.82 Å². The molecule has 6 heteroatoms. The molecule has 1 aromatic heterocycles. The van der Waals surface area contributed by atoms with Crippen molar-refractivity contribution < 1.29 is 14.7 Å². The lowest BCUT2D eigenvalue weighted by Crippen LogP contribution is -2.25. The molecule has 0 saturated heterocycles. The SMILES string of the molecule is Cc1ccc(-n2nc(C)c3c2NC(=O)C[C@H]3c2ccccc2C(=O)O)cc1. The molecular formula is C21H19N3O3. The fourth-order valence-corrected chi connectivity index (χ4v) is 3.68. The monoisotopic (exact) mass is 361 g/mol. The van der Waals surface area contributed by atoms with Crippen LogP contribution in [0.2, 0.25) is 0 Å². The molecule has 0 fully saturated rings. The first kappa shape index (κ1) is 17.0. The minimum atomic E-state index is -0.998. The molecule has 1 amide bonds. The third kappa shape index (κ3) is 2.89. The maximum absolute atomic E-state index is 12.4. The number of amides is 1. The van der Waals surface area contributed by atoms with Gasteiger partial charge in [-0.2, -0.15) is 5.10 Å². The van der Waals surface area contributed by atoms with Crippen LogP contribution in [0, 0.1) is 13.8 Å². The minimum absolute atomic E-state index is 0.152. The Morgan fingerprint density at radius 3 is 2.56 bits per heavy atom. The quantitative estimate of drug-likeness (QED) is 0.746. The van der Waals surface area contributed by atoms with E-state index < -0.39 is 5.97 Å². The summed E-state index contributed by atoms with van der Waals surface area (Å²) < 4.78 is 1.72. The molecule has 2 aromatic carbocycles. The summed E-state index contributed by atoms with van der Waals surface area (Å²) in [5, 5.41) is 17.1. The van der Waals surface area contributed by atoms with E-state index >= 15 is 0 Å². The van der Waals surface area contributed by atoms with Crippen LogP contribution >= 0.6 is 0 Å². The van der Waals surface area contributed by atoms with E-state index in [0.29, 0.717) is 11.4 Å². The summed E-state index contributed by atoms with van der Waals surface area (Å²) in [6, 6.07) is 14.7. The zero-order valence-electron chi connectivity index (χ0n) is 15.1. The number of carbonyl (C=O) groups is 2. The van der Waals surface area contributed by atoms with Crippen LogP contribution in [-0.2, 0) is 4.79 Å². The van der Waals surface area contributed by atoms with Gasteiger partial charge in [0.05, 0.1) is 16.9 Å². The number of rotatable bonds is 3. The molecule has 1 atom stereocenters. The van der Waals surface area contributed by atoms with E-state index in [-0.39, 0.29) is 23.8 Å². The maximum Gasteiger partial charge on any atom is 0.335 e. The Bertz CT molecular complexity index is 1050. The molecule has 3 aromatic rings. The Balaban J connectivity index is 1.90. The molecule has 6 nitrogen and oxygen atoms in total. The van der Waals surface area contributed by atoms with Crippen molar-refractivity contribution in [1.29, 1.82) is 0 Å². The van der Waals surface area contributed by atoms with Gasteiger partial charge < -0.3 is 10.4 Å². The van der Waals surface area contributed by atoms with Crippen LogP contribution in [0.4, 0.5) is 5.82 Å². The lowest BCUT2D eigenvalue weighted by atomic mass is 9.83. The summed E-state index contributed by atoms with van der Waals surface area (Å²) in [6.07, 6.45) is 0.192. The standard InChI is InChI=1S/C21H19N3O3/c1-12-7-9-14(10-8-12)24-20-19(13(2)23-24)17(11-18(25)22-20)15-5-3-4-6-16(15)21(26)27/h3-10,17H,11H2,1-2H3,(H,22,25)(H,26,27)/t17-/m0/s1. The highest BCUT2D eigenvalue weighted by Crippen LogP contribution is 2.41. The third-order valence-electron chi connectivity index (χ3n) is 4.95. The highest BCUT2D eigenvalue weighted by atomic mass is 16.4. The van der Waals surface area contributed by atoms with E-state index in [2.05, 4.69) is 10.4 Å². The van der Waals surface area contributed by atoms with Crippen molar-refractivity contribution in [2.24, 2.45) is 0 Å². The molecule has 0 aliphatic carbocycles. The number of benzene rings is 2. The number of carbonyl (C=O) groups excluding carboxylic acids is 1. The third-order valence-corrected chi connectivity index (χ3v) is 4.95. The molecule has 0 bridgehead atoms. The zero-order valence-corrected chi connectivity index (χ0v) is 15.1. The number of anilines is 1. The molecule has 27 heavy (non-hydrogen) atoms. The second-order valence-corrected chi connectivity index (χ2v) is 6.79. The summed E-state index contributed by atoms with van der Waals surface area (Å²) in [5.41, 5.74) is 4.46. The molecule has 2 N–H and O–H groups in total. The van der Waals surface area contributed by atoms with Gasteiger partial charge in [-0.3, -0.25) is 4.79 Å². The first-order valence-electron chi connectivity index (χ1n) is 8.74. The van der Waals surface area contributed by atoms with Crippen LogP contribution in [0.5, 0.6) is 0 Å². The maximum atomic E-state index is 12.4. The zero-order chi connectivity index (χ0) is 19.1. The van der Waals surface area contributed by atoms with Gasteiger partial charge in [0, 0.05) is 17.9 Å². The van der Waals surface area contributed by atoms with Crippen LogP contribution in [0.15, 0.2) is 48.5 Å². The molecule has 0 radical (unpaired) electrons. The van der Waals surface area contributed by atoms with E-state index in [9.17, 15) is 14.7 Å². The lowest BCUT2D eigenvalue weighted by Gasteiger charge is -2.25. The van der Waals surface area contributed by atoms with Crippen molar-refractivity contribution in [3.05, 3.63) is 76.5 Å². The van der Waals surface area contributed by atoms with Gasteiger partial charge in [-0.25, -0.2) is 9.48 Å². The highest BCUT2D eigenvalue weighted by Gasteiger charge is 2.34. The van der Waals surface area contributed by atoms with Crippen molar-refractivity contribution in [3.63, 3.8) is 0 Å². The fraction of sp³-hybridized carbons (Fsp3) is 0.190. The number of carboxylic acid groups (broad SMARTS) is 1. The summed E-state index contributed by atoms with van der Waals surface area (Å²) in [6.45, 7) is 3.89. The van der Waals surface area contributed by atoms with Crippen LogP contribution in [0.3, 0.4) is 0 Å².